The van der Waals surface area contributed by atoms with Crippen LogP contribution in [0.15, 0.2) is 30.0 Å². The second kappa shape index (κ2) is 7.09. The minimum atomic E-state index is 0.122. The molecule has 0 atom stereocenters. The molecule has 120 valence electrons. The highest BCUT2D eigenvalue weighted by Crippen LogP contribution is 2.28. The Labute approximate surface area is 140 Å². The zero-order valence-electron chi connectivity index (χ0n) is 13.2. The third kappa shape index (κ3) is 3.53. The van der Waals surface area contributed by atoms with E-state index in [0.29, 0.717) is 17.1 Å². The molecule has 1 saturated heterocycles. The summed E-state index contributed by atoms with van der Waals surface area (Å²) in [6.45, 7) is 7.47. The predicted octanol–water partition coefficient (Wildman–Crippen LogP) is 2.73. The van der Waals surface area contributed by atoms with E-state index >= 15 is 0 Å². The molecular formula is C17H20N4OS. The molecule has 0 unspecified atom stereocenters. The van der Waals surface area contributed by atoms with Crippen molar-refractivity contribution in [3.8, 4) is 6.07 Å². The molecule has 1 aliphatic rings. The summed E-state index contributed by atoms with van der Waals surface area (Å²) in [6.07, 6.45) is 0. The van der Waals surface area contributed by atoms with Crippen LogP contribution in [0.4, 0.5) is 0 Å². The van der Waals surface area contributed by atoms with Crippen LogP contribution in [0.3, 0.4) is 0 Å². The van der Waals surface area contributed by atoms with E-state index in [1.54, 1.807) is 0 Å². The SMILES string of the molecule is CCN1CCN(C/C(O)=C(\C#N)c2nc3ccccc3s2)CC1. The topological polar surface area (TPSA) is 63.4 Å². The molecular weight excluding hydrogens is 308 g/mol. The summed E-state index contributed by atoms with van der Waals surface area (Å²) in [5.41, 5.74) is 1.16. The maximum atomic E-state index is 10.4. The van der Waals surface area contributed by atoms with Crippen molar-refractivity contribution in [1.29, 1.82) is 5.26 Å². The van der Waals surface area contributed by atoms with E-state index < -0.39 is 0 Å². The Morgan fingerprint density at radius 1 is 1.26 bits per heavy atom. The molecule has 0 amide bonds. The molecule has 6 heteroatoms. The van der Waals surface area contributed by atoms with Crippen LogP contribution < -0.4 is 0 Å². The number of hydrogen-bond acceptors (Lipinski definition) is 6. The second-order valence-electron chi connectivity index (χ2n) is 5.63. The van der Waals surface area contributed by atoms with Gasteiger partial charge in [-0.2, -0.15) is 5.26 Å². The number of likely N-dealkylation sites (N-methyl/N-ethyl adjacent to an activating group) is 1. The molecule has 0 radical (unpaired) electrons. The van der Waals surface area contributed by atoms with Crippen molar-refractivity contribution >= 4 is 27.1 Å². The minimum absolute atomic E-state index is 0.122. The van der Waals surface area contributed by atoms with Crippen LogP contribution >= 0.6 is 11.3 Å². The first-order valence-corrected chi connectivity index (χ1v) is 8.65. The van der Waals surface area contributed by atoms with Crippen molar-refractivity contribution in [3.63, 3.8) is 0 Å². The Morgan fingerprint density at radius 3 is 2.61 bits per heavy atom. The number of fused-ring (bicyclic) bond motifs is 1. The molecule has 2 heterocycles. The number of hydrogen-bond donors (Lipinski definition) is 1. The average molecular weight is 328 g/mol. The van der Waals surface area contributed by atoms with Gasteiger partial charge in [-0.05, 0) is 18.7 Å². The Bertz CT molecular complexity index is 720. The lowest BCUT2D eigenvalue weighted by molar-refractivity contribution is 0.135. The predicted molar refractivity (Wildman–Crippen MR) is 93.3 cm³/mol. The van der Waals surface area contributed by atoms with Gasteiger partial charge in [0.05, 0.1) is 16.8 Å². The van der Waals surface area contributed by atoms with E-state index in [1.165, 1.54) is 11.3 Å². The van der Waals surface area contributed by atoms with Crippen LogP contribution in [0.5, 0.6) is 0 Å². The number of rotatable bonds is 4. The minimum Gasteiger partial charge on any atom is -0.509 e. The lowest BCUT2D eigenvalue weighted by atomic mass is 10.2. The zero-order valence-corrected chi connectivity index (χ0v) is 14.0. The van der Waals surface area contributed by atoms with E-state index in [4.69, 9.17) is 0 Å². The Balaban J connectivity index is 1.78. The molecule has 0 aliphatic carbocycles. The first kappa shape index (κ1) is 15.9. The number of piperazine rings is 1. The van der Waals surface area contributed by atoms with E-state index in [1.807, 2.05) is 24.3 Å². The van der Waals surface area contributed by atoms with Crippen LogP contribution in [0.2, 0.25) is 0 Å². The van der Waals surface area contributed by atoms with E-state index in [9.17, 15) is 10.4 Å². The van der Waals surface area contributed by atoms with Gasteiger partial charge in [0.1, 0.15) is 22.4 Å². The highest BCUT2D eigenvalue weighted by atomic mass is 32.1. The number of nitrogens with zero attached hydrogens (tertiary/aromatic N) is 4. The average Bonchev–Trinajstić information content (AvgIpc) is 2.99. The number of aliphatic hydroxyl groups excluding tert-OH is 1. The fourth-order valence-electron chi connectivity index (χ4n) is 2.77. The zero-order chi connectivity index (χ0) is 16.2. The van der Waals surface area contributed by atoms with Gasteiger partial charge >= 0.3 is 0 Å². The maximum absolute atomic E-state index is 10.4. The highest BCUT2D eigenvalue weighted by molar-refractivity contribution is 7.19. The molecule has 1 aromatic carbocycles. The number of thiazole rings is 1. The van der Waals surface area contributed by atoms with Crippen LogP contribution in [-0.2, 0) is 0 Å². The lowest BCUT2D eigenvalue weighted by Gasteiger charge is -2.33. The molecule has 0 bridgehead atoms. The Morgan fingerprint density at radius 2 is 1.96 bits per heavy atom. The smallest absolute Gasteiger partial charge is 0.138 e. The van der Waals surface area contributed by atoms with Crippen molar-refractivity contribution in [2.24, 2.45) is 0 Å². The summed E-state index contributed by atoms with van der Waals surface area (Å²) >= 11 is 1.45. The van der Waals surface area contributed by atoms with Gasteiger partial charge in [0.15, 0.2) is 0 Å². The van der Waals surface area contributed by atoms with Gasteiger partial charge in [0.25, 0.3) is 0 Å². The highest BCUT2D eigenvalue weighted by Gasteiger charge is 2.19. The van der Waals surface area contributed by atoms with Gasteiger partial charge in [-0.25, -0.2) is 4.98 Å². The number of benzene rings is 1. The van der Waals surface area contributed by atoms with E-state index in [-0.39, 0.29) is 5.76 Å². The fraction of sp³-hybridized carbons (Fsp3) is 0.412. The third-order valence-electron chi connectivity index (χ3n) is 4.19. The number of allylic oxidation sites excluding steroid dienone is 1. The number of aromatic nitrogens is 1. The molecule has 2 aromatic rings. The normalized spacial score (nSPS) is 17.9. The summed E-state index contributed by atoms with van der Waals surface area (Å²) in [5.74, 6) is 0.122. The van der Waals surface area contributed by atoms with E-state index in [2.05, 4.69) is 27.8 Å². The van der Waals surface area contributed by atoms with Crippen molar-refractivity contribution in [2.45, 2.75) is 6.92 Å². The Kier molecular flexibility index (Phi) is 4.91. The van der Waals surface area contributed by atoms with Crippen LogP contribution in [0.1, 0.15) is 11.9 Å². The molecule has 5 nitrogen and oxygen atoms in total. The van der Waals surface area contributed by atoms with Gasteiger partial charge in [-0.1, -0.05) is 19.1 Å². The second-order valence-corrected chi connectivity index (χ2v) is 6.66. The van der Waals surface area contributed by atoms with Crippen molar-refractivity contribution in [1.82, 2.24) is 14.8 Å². The monoisotopic (exact) mass is 328 g/mol. The van der Waals surface area contributed by atoms with E-state index in [0.717, 1.165) is 42.9 Å². The maximum Gasteiger partial charge on any atom is 0.138 e. The molecule has 1 N–H and O–H groups in total. The van der Waals surface area contributed by atoms with Gasteiger partial charge in [-0.3, -0.25) is 4.90 Å². The lowest BCUT2D eigenvalue weighted by Crippen LogP contribution is -2.46. The van der Waals surface area contributed by atoms with Crippen molar-refractivity contribution in [3.05, 3.63) is 35.0 Å². The largest absolute Gasteiger partial charge is 0.509 e. The molecule has 3 rings (SSSR count). The van der Waals surface area contributed by atoms with Gasteiger partial charge in [-0.15, -0.1) is 11.3 Å². The van der Waals surface area contributed by atoms with Crippen molar-refractivity contribution in [2.75, 3.05) is 39.3 Å². The molecule has 1 aromatic heterocycles. The Hall–Kier alpha value is -1.94. The van der Waals surface area contributed by atoms with Gasteiger partial charge < -0.3 is 10.0 Å². The summed E-state index contributed by atoms with van der Waals surface area (Å²) in [6, 6.07) is 9.91. The first-order chi connectivity index (χ1) is 11.2. The van der Waals surface area contributed by atoms with Crippen LogP contribution in [-0.4, -0.2) is 59.2 Å². The molecule has 0 spiro atoms. The number of nitriles is 1. The molecule has 0 saturated carbocycles. The van der Waals surface area contributed by atoms with Gasteiger partial charge in [0.2, 0.25) is 0 Å². The number of aliphatic hydroxyl groups is 1. The quantitative estimate of drug-likeness (QED) is 0.690. The van der Waals surface area contributed by atoms with Crippen LogP contribution in [0.25, 0.3) is 15.8 Å². The van der Waals surface area contributed by atoms with Gasteiger partial charge in [0, 0.05) is 26.2 Å². The third-order valence-corrected chi connectivity index (χ3v) is 5.25. The standard InChI is InChI=1S/C17H20N4OS/c1-2-20-7-9-21(10-8-20)12-15(22)13(11-18)17-19-14-5-3-4-6-16(14)23-17/h3-6,22H,2,7-10,12H2,1H3/b15-13-. The summed E-state index contributed by atoms with van der Waals surface area (Å²) in [5, 5.41) is 20.5. The van der Waals surface area contributed by atoms with Crippen LogP contribution in [0, 0.1) is 11.3 Å². The van der Waals surface area contributed by atoms with Crippen molar-refractivity contribution < 1.29 is 5.11 Å². The summed E-state index contributed by atoms with van der Waals surface area (Å²) in [4.78, 5) is 9.05. The fourth-order valence-corrected chi connectivity index (χ4v) is 3.75. The summed E-state index contributed by atoms with van der Waals surface area (Å²) in [7, 11) is 0. The number of para-hydroxylation sites is 1. The summed E-state index contributed by atoms with van der Waals surface area (Å²) < 4.78 is 1.03. The molecule has 23 heavy (non-hydrogen) atoms. The molecule has 1 fully saturated rings. The first-order valence-electron chi connectivity index (χ1n) is 7.84. The molecule has 1 aliphatic heterocycles.